The SMILES string of the molecule is CC(C)(C)c1cccc(C(=O)C(F)(F)C(F)(F)C(F)(F)F)c1. The highest BCUT2D eigenvalue weighted by atomic mass is 19.4. The standard InChI is InChI=1S/C14H13F7O/c1-11(2,3)9-6-4-5-8(7-9)10(22)12(15,16)13(17,18)14(19,20)21/h4-7H,1-3H3. The fourth-order valence-electron chi connectivity index (χ4n) is 1.63. The molecular formula is C14H13F7O. The molecule has 8 heteroatoms. The molecule has 1 nitrogen and oxygen atoms in total. The molecule has 0 aliphatic carbocycles. The summed E-state index contributed by atoms with van der Waals surface area (Å²) in [6, 6.07) is 4.27. The molecule has 0 bridgehead atoms. The van der Waals surface area contributed by atoms with Gasteiger partial charge >= 0.3 is 18.0 Å². The van der Waals surface area contributed by atoms with Crippen LogP contribution in [-0.2, 0) is 5.41 Å². The fourth-order valence-corrected chi connectivity index (χ4v) is 1.63. The summed E-state index contributed by atoms with van der Waals surface area (Å²) < 4.78 is 88.8. The van der Waals surface area contributed by atoms with Crippen LogP contribution in [0.4, 0.5) is 30.7 Å². The second-order valence-electron chi connectivity index (χ2n) is 5.81. The van der Waals surface area contributed by atoms with Gasteiger partial charge in [0.25, 0.3) is 0 Å². The lowest BCUT2D eigenvalue weighted by molar-refractivity contribution is -0.339. The van der Waals surface area contributed by atoms with Crippen molar-refractivity contribution in [3.8, 4) is 0 Å². The average Bonchev–Trinajstić information content (AvgIpc) is 2.35. The number of halogens is 7. The van der Waals surface area contributed by atoms with Crippen molar-refractivity contribution >= 4 is 5.78 Å². The summed E-state index contributed by atoms with van der Waals surface area (Å²) in [5, 5.41) is 0. The van der Waals surface area contributed by atoms with Crippen molar-refractivity contribution in [3.05, 3.63) is 35.4 Å². The summed E-state index contributed by atoms with van der Waals surface area (Å²) in [5.41, 5.74) is -1.15. The lowest BCUT2D eigenvalue weighted by atomic mass is 9.85. The summed E-state index contributed by atoms with van der Waals surface area (Å²) in [6.07, 6.45) is -6.53. The molecule has 0 aromatic heterocycles. The molecule has 1 aromatic carbocycles. The van der Waals surface area contributed by atoms with E-state index in [0.29, 0.717) is 5.56 Å². The molecule has 1 aromatic rings. The first-order chi connectivity index (χ1) is 9.62. The second-order valence-corrected chi connectivity index (χ2v) is 5.81. The Morgan fingerprint density at radius 1 is 0.909 bits per heavy atom. The van der Waals surface area contributed by atoms with Gasteiger partial charge in [0, 0.05) is 5.56 Å². The molecule has 1 rings (SSSR count). The zero-order valence-corrected chi connectivity index (χ0v) is 11.9. The van der Waals surface area contributed by atoms with Crippen molar-refractivity contribution < 1.29 is 35.5 Å². The first-order valence-electron chi connectivity index (χ1n) is 6.10. The van der Waals surface area contributed by atoms with Crippen LogP contribution in [0, 0.1) is 0 Å². The number of ketones is 1. The van der Waals surface area contributed by atoms with Crippen LogP contribution in [0.1, 0.15) is 36.7 Å². The molecule has 0 aliphatic rings. The molecule has 124 valence electrons. The number of Topliss-reactive ketones (excluding diaryl/α,β-unsaturated/α-hetero) is 1. The van der Waals surface area contributed by atoms with Gasteiger partial charge in [-0.3, -0.25) is 4.79 Å². The predicted octanol–water partition coefficient (Wildman–Crippen LogP) is 5.00. The van der Waals surface area contributed by atoms with E-state index in [9.17, 15) is 35.5 Å². The topological polar surface area (TPSA) is 17.1 Å². The lowest BCUT2D eigenvalue weighted by Gasteiger charge is -2.27. The van der Waals surface area contributed by atoms with Crippen LogP contribution in [0.5, 0.6) is 0 Å². The Hall–Kier alpha value is -1.60. The Morgan fingerprint density at radius 2 is 1.41 bits per heavy atom. The molecule has 0 radical (unpaired) electrons. The Balaban J connectivity index is 3.32. The van der Waals surface area contributed by atoms with E-state index >= 15 is 0 Å². The van der Waals surface area contributed by atoms with Crippen molar-refractivity contribution in [2.75, 3.05) is 0 Å². The largest absolute Gasteiger partial charge is 0.460 e. The maximum Gasteiger partial charge on any atom is 0.460 e. The van der Waals surface area contributed by atoms with Crippen LogP contribution in [0.15, 0.2) is 24.3 Å². The molecule has 0 fully saturated rings. The van der Waals surface area contributed by atoms with Gasteiger partial charge in [-0.2, -0.15) is 30.7 Å². The van der Waals surface area contributed by atoms with Gasteiger partial charge < -0.3 is 0 Å². The molecule has 0 saturated heterocycles. The van der Waals surface area contributed by atoms with Gasteiger partial charge in [-0.25, -0.2) is 0 Å². The molecule has 0 heterocycles. The fraction of sp³-hybridized carbons (Fsp3) is 0.500. The highest BCUT2D eigenvalue weighted by molar-refractivity contribution is 6.02. The average molecular weight is 330 g/mol. The molecule has 0 spiro atoms. The number of rotatable bonds is 3. The van der Waals surface area contributed by atoms with Crippen molar-refractivity contribution in [2.24, 2.45) is 0 Å². The summed E-state index contributed by atoms with van der Waals surface area (Å²) in [5.74, 6) is -14.9. The normalized spacial score (nSPS) is 14.1. The van der Waals surface area contributed by atoms with E-state index in [-0.39, 0.29) is 0 Å². The molecule has 22 heavy (non-hydrogen) atoms. The highest BCUT2D eigenvalue weighted by Crippen LogP contribution is 2.47. The third-order valence-corrected chi connectivity index (χ3v) is 3.03. The van der Waals surface area contributed by atoms with Gasteiger partial charge in [0.1, 0.15) is 0 Å². The zero-order valence-electron chi connectivity index (χ0n) is 11.9. The Morgan fingerprint density at radius 3 is 1.82 bits per heavy atom. The van der Waals surface area contributed by atoms with Crippen molar-refractivity contribution in [1.29, 1.82) is 0 Å². The number of carbonyl (C=O) groups is 1. The minimum absolute atomic E-state index is 0.351. The maximum absolute atomic E-state index is 13.4. The van der Waals surface area contributed by atoms with Crippen LogP contribution in [0.2, 0.25) is 0 Å². The first kappa shape index (κ1) is 18.4. The van der Waals surface area contributed by atoms with E-state index in [1.165, 1.54) is 6.07 Å². The summed E-state index contributed by atoms with van der Waals surface area (Å²) in [7, 11) is 0. The van der Waals surface area contributed by atoms with Gasteiger partial charge in [0.2, 0.25) is 5.78 Å². The van der Waals surface area contributed by atoms with Gasteiger partial charge in [-0.15, -0.1) is 0 Å². The molecule has 0 N–H and O–H groups in total. The third-order valence-electron chi connectivity index (χ3n) is 3.03. The molecule has 0 aliphatic heterocycles. The molecule has 0 saturated carbocycles. The number of hydrogen-bond donors (Lipinski definition) is 0. The monoisotopic (exact) mass is 330 g/mol. The Kier molecular flexibility index (Phi) is 4.40. The van der Waals surface area contributed by atoms with Gasteiger partial charge in [-0.1, -0.05) is 39.0 Å². The van der Waals surface area contributed by atoms with Crippen LogP contribution in [-0.4, -0.2) is 23.8 Å². The van der Waals surface area contributed by atoms with E-state index in [1.807, 2.05) is 0 Å². The van der Waals surface area contributed by atoms with Gasteiger partial charge in [-0.05, 0) is 17.0 Å². The van der Waals surface area contributed by atoms with Gasteiger partial charge in [0.15, 0.2) is 0 Å². The second kappa shape index (κ2) is 5.24. The number of carbonyl (C=O) groups excluding carboxylic acids is 1. The Labute approximate surface area is 122 Å². The van der Waals surface area contributed by atoms with Crippen LogP contribution in [0.3, 0.4) is 0 Å². The predicted molar refractivity (Wildman–Crippen MR) is 65.4 cm³/mol. The van der Waals surface area contributed by atoms with Crippen LogP contribution in [0.25, 0.3) is 0 Å². The summed E-state index contributed by atoms with van der Waals surface area (Å²) in [4.78, 5) is 11.5. The van der Waals surface area contributed by atoms with Crippen molar-refractivity contribution in [2.45, 2.75) is 44.2 Å². The van der Waals surface area contributed by atoms with Crippen LogP contribution < -0.4 is 0 Å². The molecule has 0 unspecified atom stereocenters. The molecule has 0 atom stereocenters. The number of alkyl halides is 7. The summed E-state index contributed by atoms with van der Waals surface area (Å²) in [6.45, 7) is 5.00. The smallest absolute Gasteiger partial charge is 0.287 e. The maximum atomic E-state index is 13.4. The van der Waals surface area contributed by atoms with E-state index in [0.717, 1.165) is 18.2 Å². The quantitative estimate of drug-likeness (QED) is 0.563. The van der Waals surface area contributed by atoms with Crippen molar-refractivity contribution in [1.82, 2.24) is 0 Å². The highest BCUT2D eigenvalue weighted by Gasteiger charge is 2.76. The number of benzene rings is 1. The van der Waals surface area contributed by atoms with E-state index in [2.05, 4.69) is 0 Å². The molecule has 0 amide bonds. The summed E-state index contributed by atoms with van der Waals surface area (Å²) >= 11 is 0. The Bertz CT molecular complexity index is 567. The lowest BCUT2D eigenvalue weighted by Crippen LogP contribution is -2.56. The minimum atomic E-state index is -6.53. The minimum Gasteiger partial charge on any atom is -0.287 e. The van der Waals surface area contributed by atoms with E-state index < -0.39 is 34.8 Å². The van der Waals surface area contributed by atoms with E-state index in [4.69, 9.17) is 0 Å². The third kappa shape index (κ3) is 3.10. The van der Waals surface area contributed by atoms with E-state index in [1.54, 1.807) is 20.8 Å². The zero-order chi connectivity index (χ0) is 17.6. The molecular weight excluding hydrogens is 317 g/mol. The van der Waals surface area contributed by atoms with Crippen molar-refractivity contribution in [3.63, 3.8) is 0 Å². The van der Waals surface area contributed by atoms with Gasteiger partial charge in [0.05, 0.1) is 0 Å². The van der Waals surface area contributed by atoms with Crippen LogP contribution >= 0.6 is 0 Å². The first-order valence-corrected chi connectivity index (χ1v) is 6.10. The number of hydrogen-bond acceptors (Lipinski definition) is 1.